The van der Waals surface area contributed by atoms with Crippen LogP contribution in [0, 0.1) is 5.92 Å². The van der Waals surface area contributed by atoms with Crippen LogP contribution in [0.5, 0.6) is 0 Å². The van der Waals surface area contributed by atoms with E-state index >= 15 is 0 Å². The van der Waals surface area contributed by atoms with Crippen molar-refractivity contribution in [3.8, 4) is 0 Å². The second-order valence-corrected chi connectivity index (χ2v) is 7.64. The van der Waals surface area contributed by atoms with Crippen molar-refractivity contribution in [1.82, 2.24) is 10.2 Å². The maximum Gasteiger partial charge on any atom is 0.227 e. The molecular weight excluding hydrogens is 342 g/mol. The highest BCUT2D eigenvalue weighted by Crippen LogP contribution is 2.17. The Kier molecular flexibility index (Phi) is 8.39. The first-order valence-corrected chi connectivity index (χ1v) is 9.87. The highest BCUT2D eigenvalue weighted by Gasteiger charge is 2.20. The summed E-state index contributed by atoms with van der Waals surface area (Å²) in [7, 11) is 0. The summed E-state index contributed by atoms with van der Waals surface area (Å²) < 4.78 is 0. The third-order valence-electron chi connectivity index (χ3n) is 4.75. The summed E-state index contributed by atoms with van der Waals surface area (Å²) in [4.78, 5) is 14.8. The lowest BCUT2D eigenvalue weighted by Gasteiger charge is -2.26. The number of nitrogens with one attached hydrogen (secondary N) is 2. The van der Waals surface area contributed by atoms with Crippen LogP contribution < -0.4 is 10.6 Å². The molecule has 1 aromatic carbocycles. The van der Waals surface area contributed by atoms with Crippen LogP contribution in [0.25, 0.3) is 0 Å². The third-order valence-corrected chi connectivity index (χ3v) is 5.69. The first kappa shape index (κ1) is 19.6. The molecule has 2 saturated heterocycles. The van der Waals surface area contributed by atoms with Crippen LogP contribution in [0.4, 0.5) is 5.69 Å². The van der Waals surface area contributed by atoms with Gasteiger partial charge in [0.25, 0.3) is 0 Å². The summed E-state index contributed by atoms with van der Waals surface area (Å²) in [6.45, 7) is 5.48. The van der Waals surface area contributed by atoms with Crippen LogP contribution in [0.1, 0.15) is 18.4 Å². The maximum absolute atomic E-state index is 12.2. The Bertz CT molecular complexity index is 499. The van der Waals surface area contributed by atoms with E-state index in [1.807, 2.05) is 12.1 Å². The molecule has 0 unspecified atom stereocenters. The van der Waals surface area contributed by atoms with Gasteiger partial charge in [-0.2, -0.15) is 11.8 Å². The number of thioether (sulfide) groups is 1. The molecule has 2 aliphatic heterocycles. The quantitative estimate of drug-likeness (QED) is 0.837. The second-order valence-electron chi connectivity index (χ2n) is 6.41. The standard InChI is InChI=1S/C18H27N3OS.ClH/c22-18(16-5-8-19-9-6-16)20-17-3-1-15(2-4-17)7-10-21-11-13-23-14-12-21;/h1-4,16,19H,5-14H2,(H,20,22);1H. The lowest BCUT2D eigenvalue weighted by molar-refractivity contribution is -0.120. The Morgan fingerprint density at radius 3 is 2.50 bits per heavy atom. The number of carbonyl (C=O) groups excluding carboxylic acids is 1. The van der Waals surface area contributed by atoms with Crippen LogP contribution in [-0.4, -0.2) is 55.0 Å². The van der Waals surface area contributed by atoms with Crippen molar-refractivity contribution in [3.05, 3.63) is 29.8 Å². The zero-order valence-electron chi connectivity index (χ0n) is 14.1. The first-order chi connectivity index (χ1) is 11.3. The molecule has 0 radical (unpaired) electrons. The molecule has 2 fully saturated rings. The van der Waals surface area contributed by atoms with Crippen molar-refractivity contribution >= 4 is 35.8 Å². The first-order valence-electron chi connectivity index (χ1n) is 8.72. The fourth-order valence-corrected chi connectivity index (χ4v) is 4.17. The minimum absolute atomic E-state index is 0. The normalized spacial score (nSPS) is 19.5. The van der Waals surface area contributed by atoms with Crippen LogP contribution in [0.15, 0.2) is 24.3 Å². The van der Waals surface area contributed by atoms with E-state index in [4.69, 9.17) is 0 Å². The summed E-state index contributed by atoms with van der Waals surface area (Å²) in [5, 5.41) is 6.36. The van der Waals surface area contributed by atoms with Gasteiger partial charge in [0, 0.05) is 42.7 Å². The predicted octanol–water partition coefficient (Wildman–Crippen LogP) is 2.64. The van der Waals surface area contributed by atoms with Gasteiger partial charge in [-0.05, 0) is 50.0 Å². The zero-order valence-corrected chi connectivity index (χ0v) is 15.8. The van der Waals surface area contributed by atoms with Crippen molar-refractivity contribution in [3.63, 3.8) is 0 Å². The fourth-order valence-electron chi connectivity index (χ4n) is 3.20. The van der Waals surface area contributed by atoms with E-state index in [2.05, 4.69) is 39.4 Å². The molecule has 6 heteroatoms. The van der Waals surface area contributed by atoms with Gasteiger partial charge in [-0.25, -0.2) is 0 Å². The highest BCUT2D eigenvalue weighted by molar-refractivity contribution is 7.99. The molecule has 134 valence electrons. The Labute approximate surface area is 155 Å². The Hall–Kier alpha value is -0.750. The molecule has 0 aliphatic carbocycles. The van der Waals surface area contributed by atoms with Crippen LogP contribution in [-0.2, 0) is 11.2 Å². The topological polar surface area (TPSA) is 44.4 Å². The minimum atomic E-state index is 0. The van der Waals surface area contributed by atoms with Gasteiger partial charge in [0.2, 0.25) is 5.91 Å². The molecule has 1 amide bonds. The Morgan fingerprint density at radius 2 is 1.83 bits per heavy atom. The van der Waals surface area contributed by atoms with Crippen LogP contribution in [0.2, 0.25) is 0 Å². The van der Waals surface area contributed by atoms with Gasteiger partial charge in [0.1, 0.15) is 0 Å². The molecule has 24 heavy (non-hydrogen) atoms. The molecule has 0 spiro atoms. The summed E-state index contributed by atoms with van der Waals surface area (Å²) in [5.41, 5.74) is 2.27. The number of nitrogens with zero attached hydrogens (tertiary/aromatic N) is 1. The lowest BCUT2D eigenvalue weighted by Crippen LogP contribution is -2.34. The van der Waals surface area contributed by atoms with E-state index in [9.17, 15) is 4.79 Å². The summed E-state index contributed by atoms with van der Waals surface area (Å²) in [6, 6.07) is 8.38. The zero-order chi connectivity index (χ0) is 15.9. The maximum atomic E-state index is 12.2. The van der Waals surface area contributed by atoms with Crippen LogP contribution in [0.3, 0.4) is 0 Å². The van der Waals surface area contributed by atoms with Crippen molar-refractivity contribution in [2.24, 2.45) is 5.92 Å². The highest BCUT2D eigenvalue weighted by atomic mass is 35.5. The lowest BCUT2D eigenvalue weighted by atomic mass is 9.97. The number of piperidine rings is 1. The van der Waals surface area contributed by atoms with Crippen LogP contribution >= 0.6 is 24.2 Å². The number of benzene rings is 1. The van der Waals surface area contributed by atoms with Crippen molar-refractivity contribution in [2.75, 3.05) is 49.5 Å². The van der Waals surface area contributed by atoms with E-state index in [0.717, 1.165) is 44.6 Å². The molecule has 0 bridgehead atoms. The molecule has 1 aromatic rings. The number of halogens is 1. The Morgan fingerprint density at radius 1 is 1.17 bits per heavy atom. The largest absolute Gasteiger partial charge is 0.326 e. The monoisotopic (exact) mass is 369 g/mol. The summed E-state index contributed by atoms with van der Waals surface area (Å²) in [5.74, 6) is 2.86. The average Bonchev–Trinajstić information content (AvgIpc) is 2.63. The SMILES string of the molecule is Cl.O=C(Nc1ccc(CCN2CCSCC2)cc1)C1CCNCC1. The van der Waals surface area contributed by atoms with Gasteiger partial charge in [-0.1, -0.05) is 12.1 Å². The predicted molar refractivity (Wildman–Crippen MR) is 105 cm³/mol. The molecule has 4 nitrogen and oxygen atoms in total. The van der Waals surface area contributed by atoms with Gasteiger partial charge < -0.3 is 15.5 Å². The van der Waals surface area contributed by atoms with Crippen molar-refractivity contribution in [1.29, 1.82) is 0 Å². The molecule has 2 N–H and O–H groups in total. The summed E-state index contributed by atoms with van der Waals surface area (Å²) >= 11 is 2.05. The second kappa shape index (κ2) is 10.3. The number of amides is 1. The van der Waals surface area contributed by atoms with E-state index in [-0.39, 0.29) is 24.2 Å². The van der Waals surface area contributed by atoms with Gasteiger partial charge in [0.05, 0.1) is 0 Å². The molecule has 0 saturated carbocycles. The van der Waals surface area contributed by atoms with Crippen molar-refractivity contribution < 1.29 is 4.79 Å². The molecule has 0 atom stereocenters. The Balaban J connectivity index is 0.00000208. The molecule has 0 aromatic heterocycles. The number of anilines is 1. The van der Waals surface area contributed by atoms with Gasteiger partial charge in [0.15, 0.2) is 0 Å². The number of hydrogen-bond donors (Lipinski definition) is 2. The van der Waals surface area contributed by atoms with E-state index in [1.54, 1.807) is 0 Å². The number of rotatable bonds is 5. The third kappa shape index (κ3) is 5.96. The number of hydrogen-bond acceptors (Lipinski definition) is 4. The van der Waals surface area contributed by atoms with Gasteiger partial charge >= 0.3 is 0 Å². The molecule has 2 heterocycles. The van der Waals surface area contributed by atoms with Gasteiger partial charge in [-0.15, -0.1) is 12.4 Å². The van der Waals surface area contributed by atoms with E-state index in [0.29, 0.717) is 0 Å². The van der Waals surface area contributed by atoms with E-state index in [1.165, 1.54) is 30.2 Å². The number of carbonyl (C=O) groups is 1. The summed E-state index contributed by atoms with van der Waals surface area (Å²) in [6.07, 6.45) is 2.98. The minimum Gasteiger partial charge on any atom is -0.326 e. The average molecular weight is 370 g/mol. The molecule has 2 aliphatic rings. The molecule has 3 rings (SSSR count). The van der Waals surface area contributed by atoms with E-state index < -0.39 is 0 Å². The smallest absolute Gasteiger partial charge is 0.227 e. The molecular formula is C18H28ClN3OS. The van der Waals surface area contributed by atoms with Gasteiger partial charge in [-0.3, -0.25) is 4.79 Å². The van der Waals surface area contributed by atoms with Crippen molar-refractivity contribution in [2.45, 2.75) is 19.3 Å². The fraction of sp³-hybridized carbons (Fsp3) is 0.611.